The maximum atomic E-state index is 13.0. The first-order chi connectivity index (χ1) is 12.1. The van der Waals surface area contributed by atoms with Crippen molar-refractivity contribution in [1.82, 2.24) is 14.9 Å². The highest BCUT2D eigenvalue weighted by Gasteiger charge is 2.26. The van der Waals surface area contributed by atoms with Gasteiger partial charge in [-0.15, -0.1) is 18.3 Å². The van der Waals surface area contributed by atoms with E-state index in [1.54, 1.807) is 22.4 Å². The Morgan fingerprint density at radius 2 is 2.24 bits per heavy atom. The van der Waals surface area contributed by atoms with Crippen LogP contribution in [0.2, 0.25) is 0 Å². The van der Waals surface area contributed by atoms with E-state index in [4.69, 9.17) is 4.98 Å². The van der Waals surface area contributed by atoms with Gasteiger partial charge in [-0.25, -0.2) is 4.98 Å². The van der Waals surface area contributed by atoms with Crippen LogP contribution in [0.5, 0.6) is 0 Å². The third-order valence-corrected chi connectivity index (χ3v) is 5.83. The lowest BCUT2D eigenvalue weighted by Crippen LogP contribution is -2.27. The number of nitrogens with one attached hydrogen (secondary N) is 1. The first-order valence-electron chi connectivity index (χ1n) is 7.98. The van der Waals surface area contributed by atoms with Crippen molar-refractivity contribution in [2.75, 3.05) is 12.3 Å². The zero-order valence-electron chi connectivity index (χ0n) is 13.9. The number of aromatic nitrogens is 2. The number of para-hydroxylation sites is 1. The van der Waals surface area contributed by atoms with Crippen LogP contribution >= 0.6 is 23.5 Å². The second-order valence-corrected chi connectivity index (χ2v) is 8.05. The van der Waals surface area contributed by atoms with Gasteiger partial charge in [-0.3, -0.25) is 14.2 Å². The second-order valence-electron chi connectivity index (χ2n) is 5.66. The van der Waals surface area contributed by atoms with Crippen LogP contribution in [0.4, 0.5) is 0 Å². The molecule has 0 aliphatic carbocycles. The third-order valence-electron chi connectivity index (χ3n) is 3.67. The Bertz CT molecular complexity index is 849. The number of hydrogen-bond donors (Lipinski definition) is 1. The monoisotopic (exact) mass is 373 g/mol. The van der Waals surface area contributed by atoms with Crippen molar-refractivity contribution in [3.05, 3.63) is 59.0 Å². The average molecular weight is 374 g/mol. The van der Waals surface area contributed by atoms with Gasteiger partial charge >= 0.3 is 0 Å². The zero-order chi connectivity index (χ0) is 17.8. The Morgan fingerprint density at radius 1 is 1.48 bits per heavy atom. The van der Waals surface area contributed by atoms with Gasteiger partial charge < -0.3 is 5.32 Å². The van der Waals surface area contributed by atoms with E-state index < -0.39 is 0 Å². The first-order valence-corrected chi connectivity index (χ1v) is 9.85. The molecule has 1 N–H and O–H groups in total. The number of carbonyl (C=O) groups excluding carboxylic acids is 1. The zero-order valence-corrected chi connectivity index (χ0v) is 15.5. The molecule has 0 saturated carbocycles. The molecule has 1 amide bonds. The molecule has 2 heterocycles. The highest BCUT2D eigenvalue weighted by molar-refractivity contribution is 8.00. The van der Waals surface area contributed by atoms with E-state index in [1.165, 1.54) is 11.8 Å². The number of amides is 1. The summed E-state index contributed by atoms with van der Waals surface area (Å²) in [6.45, 7) is 6.10. The molecule has 1 atom stereocenters. The maximum Gasteiger partial charge on any atom is 0.272 e. The lowest BCUT2D eigenvalue weighted by Gasteiger charge is -2.13. The van der Waals surface area contributed by atoms with Crippen LogP contribution in [0.25, 0.3) is 5.69 Å². The number of carbonyl (C=O) groups is 1. The molecule has 1 unspecified atom stereocenters. The number of thioether (sulfide) groups is 2. The molecule has 0 bridgehead atoms. The van der Waals surface area contributed by atoms with Crippen LogP contribution < -0.4 is 10.9 Å². The summed E-state index contributed by atoms with van der Waals surface area (Å²) in [5.41, 5.74) is 1.54. The summed E-state index contributed by atoms with van der Waals surface area (Å²) in [6, 6.07) is 9.43. The van der Waals surface area contributed by atoms with Gasteiger partial charge in [0, 0.05) is 18.2 Å². The molecule has 5 nitrogen and oxygen atoms in total. The molecule has 0 saturated heterocycles. The number of benzene rings is 1. The number of fused-ring (bicyclic) bond motifs is 1. The summed E-state index contributed by atoms with van der Waals surface area (Å²) in [5.74, 6) is 0.0937. The molecule has 1 aromatic carbocycles. The van der Waals surface area contributed by atoms with E-state index in [2.05, 4.69) is 18.8 Å². The van der Waals surface area contributed by atoms with Crippen molar-refractivity contribution < 1.29 is 4.79 Å². The van der Waals surface area contributed by atoms with Crippen LogP contribution in [0.15, 0.2) is 57.8 Å². The number of hydrogen-bond acceptors (Lipinski definition) is 5. The second kappa shape index (κ2) is 7.93. The smallest absolute Gasteiger partial charge is 0.272 e. The minimum absolute atomic E-state index is 0.0560. The minimum Gasteiger partial charge on any atom is -0.352 e. The molecule has 7 heteroatoms. The fourth-order valence-electron chi connectivity index (χ4n) is 2.57. The average Bonchev–Trinajstić information content (AvgIpc) is 2.99. The van der Waals surface area contributed by atoms with Crippen LogP contribution in [0.1, 0.15) is 12.6 Å². The van der Waals surface area contributed by atoms with E-state index in [0.717, 1.165) is 22.7 Å². The number of nitrogens with zero attached hydrogens (tertiary/aromatic N) is 2. The Kier molecular flexibility index (Phi) is 5.65. The predicted molar refractivity (Wildman–Crippen MR) is 103 cm³/mol. The Morgan fingerprint density at radius 3 is 2.96 bits per heavy atom. The van der Waals surface area contributed by atoms with Crippen molar-refractivity contribution >= 4 is 29.4 Å². The van der Waals surface area contributed by atoms with Crippen molar-refractivity contribution in [3.8, 4) is 5.69 Å². The molecule has 1 aromatic heterocycles. The van der Waals surface area contributed by atoms with Crippen LogP contribution in [0.3, 0.4) is 0 Å². The van der Waals surface area contributed by atoms with Gasteiger partial charge in [-0.2, -0.15) is 0 Å². The molecular formula is C18H19N3O2S2. The van der Waals surface area contributed by atoms with Gasteiger partial charge in [0.25, 0.3) is 5.56 Å². The third kappa shape index (κ3) is 3.99. The van der Waals surface area contributed by atoms with Crippen molar-refractivity contribution in [2.24, 2.45) is 0 Å². The van der Waals surface area contributed by atoms with E-state index in [0.29, 0.717) is 17.0 Å². The van der Waals surface area contributed by atoms with Gasteiger partial charge in [-0.05, 0) is 12.1 Å². The summed E-state index contributed by atoms with van der Waals surface area (Å²) in [6.07, 6.45) is 2.41. The predicted octanol–water partition coefficient (Wildman–Crippen LogP) is 2.66. The Balaban J connectivity index is 1.97. The van der Waals surface area contributed by atoms with Crippen molar-refractivity contribution in [3.63, 3.8) is 0 Å². The topological polar surface area (TPSA) is 64.0 Å². The highest BCUT2D eigenvalue weighted by Crippen LogP contribution is 2.34. The van der Waals surface area contributed by atoms with Gasteiger partial charge in [0.2, 0.25) is 5.91 Å². The van der Waals surface area contributed by atoms with E-state index >= 15 is 0 Å². The van der Waals surface area contributed by atoms with Gasteiger partial charge in [0.05, 0.1) is 22.0 Å². The Hall–Kier alpha value is -1.99. The Labute approximate surface area is 154 Å². The fraction of sp³-hybridized carbons (Fsp3) is 0.278. The molecular weight excluding hydrogens is 354 g/mol. The van der Waals surface area contributed by atoms with Crippen molar-refractivity contribution in [2.45, 2.75) is 28.6 Å². The largest absolute Gasteiger partial charge is 0.352 e. The van der Waals surface area contributed by atoms with Crippen LogP contribution in [0, 0.1) is 0 Å². The van der Waals surface area contributed by atoms with Gasteiger partial charge in [-0.1, -0.05) is 43.0 Å². The fourth-order valence-corrected chi connectivity index (χ4v) is 4.52. The molecule has 1 aliphatic rings. The number of rotatable bonds is 6. The quantitative estimate of drug-likeness (QED) is 0.479. The summed E-state index contributed by atoms with van der Waals surface area (Å²) in [7, 11) is 0. The van der Waals surface area contributed by atoms with Crippen LogP contribution in [-0.2, 0) is 11.2 Å². The lowest BCUT2D eigenvalue weighted by atomic mass is 10.2. The van der Waals surface area contributed by atoms with Crippen LogP contribution in [-0.4, -0.2) is 33.0 Å². The molecule has 1 aliphatic heterocycles. The summed E-state index contributed by atoms with van der Waals surface area (Å²) in [5, 5.41) is 3.64. The molecule has 0 spiro atoms. The normalized spacial score (nSPS) is 15.6. The molecule has 0 fully saturated rings. The molecule has 25 heavy (non-hydrogen) atoms. The summed E-state index contributed by atoms with van der Waals surface area (Å²) < 4.78 is 1.61. The van der Waals surface area contributed by atoms with Gasteiger partial charge in [0.15, 0.2) is 5.16 Å². The standard InChI is InChI=1S/C18H19N3O2S2/c1-3-9-19-15(22)11-24-18-20-14-10-12(2)25-16(14)17(23)21(18)13-7-5-4-6-8-13/h3-8,12H,1,9-11H2,2H3,(H,19,22). The molecule has 0 radical (unpaired) electrons. The van der Waals surface area contributed by atoms with Gasteiger partial charge in [0.1, 0.15) is 0 Å². The minimum atomic E-state index is -0.109. The molecule has 3 rings (SSSR count). The molecule has 130 valence electrons. The SMILES string of the molecule is C=CCNC(=O)CSc1nc2c(c(=O)n1-c1ccccc1)SC(C)C2. The van der Waals surface area contributed by atoms with E-state index in [-0.39, 0.29) is 17.2 Å². The van der Waals surface area contributed by atoms with E-state index in [9.17, 15) is 9.59 Å². The first kappa shape index (κ1) is 17.8. The lowest BCUT2D eigenvalue weighted by molar-refractivity contribution is -0.118. The maximum absolute atomic E-state index is 13.0. The summed E-state index contributed by atoms with van der Waals surface area (Å²) in [4.78, 5) is 30.3. The molecule has 2 aromatic rings. The van der Waals surface area contributed by atoms with Crippen molar-refractivity contribution in [1.29, 1.82) is 0 Å². The summed E-state index contributed by atoms with van der Waals surface area (Å²) >= 11 is 2.85. The highest BCUT2D eigenvalue weighted by atomic mass is 32.2. The van der Waals surface area contributed by atoms with E-state index in [1.807, 2.05) is 30.3 Å².